The number of aryl methyl sites for hydroxylation is 1. The summed E-state index contributed by atoms with van der Waals surface area (Å²) in [7, 11) is 0. The second-order valence-corrected chi connectivity index (χ2v) is 8.84. The van der Waals surface area contributed by atoms with Gasteiger partial charge in [-0.25, -0.2) is 18.7 Å². The van der Waals surface area contributed by atoms with E-state index in [2.05, 4.69) is 10.3 Å². The monoisotopic (exact) mass is 510 g/mol. The predicted octanol–water partition coefficient (Wildman–Crippen LogP) is 3.50. The lowest BCUT2D eigenvalue weighted by Crippen LogP contribution is -2.42. The molecule has 0 radical (unpaired) electrons. The van der Waals surface area contributed by atoms with Crippen LogP contribution in [0.4, 0.5) is 8.78 Å². The Morgan fingerprint density at radius 2 is 1.97 bits per heavy atom. The number of aliphatic imine (C=N–C) groups is 1. The number of allylic oxidation sites excluding steroid dienone is 1. The smallest absolute Gasteiger partial charge is 0.303 e. The number of unbranched alkanes of at least 4 members (excludes halogenated alkanes) is 1. The zero-order chi connectivity index (χ0) is 26.8. The number of rotatable bonds is 12. The van der Waals surface area contributed by atoms with Gasteiger partial charge in [-0.05, 0) is 69.4 Å². The first kappa shape index (κ1) is 27.8. The van der Waals surface area contributed by atoms with Crippen LogP contribution in [0.1, 0.15) is 51.6 Å². The minimum atomic E-state index is -0.853. The Labute approximate surface area is 214 Å². The largest absolute Gasteiger partial charge is 0.481 e. The summed E-state index contributed by atoms with van der Waals surface area (Å²) >= 11 is 0. The molecule has 2 N–H and O–H groups in total. The maximum absolute atomic E-state index is 13.5. The van der Waals surface area contributed by atoms with Crippen molar-refractivity contribution in [1.82, 2.24) is 15.3 Å². The van der Waals surface area contributed by atoms with Gasteiger partial charge in [0.05, 0.1) is 39.7 Å². The minimum absolute atomic E-state index is 0.0639. The Kier molecular flexibility index (Phi) is 10.2. The Hall–Kier alpha value is -3.75. The van der Waals surface area contributed by atoms with Crippen LogP contribution in [0.5, 0.6) is 0 Å². The molecule has 2 aromatic rings. The number of carbonyl (C=O) groups is 2. The third-order valence-corrected chi connectivity index (χ3v) is 5.98. The van der Waals surface area contributed by atoms with Crippen LogP contribution in [0.3, 0.4) is 0 Å². The number of aromatic nitrogens is 2. The number of fused-ring (bicyclic) bond motifs is 1. The summed E-state index contributed by atoms with van der Waals surface area (Å²) in [5.41, 5.74) is 2.61. The Bertz CT molecular complexity index is 1290. The number of carboxylic acid groups (broad SMARTS) is 1. The molecule has 1 aliphatic rings. The van der Waals surface area contributed by atoms with Crippen LogP contribution in [-0.2, 0) is 16.0 Å². The van der Waals surface area contributed by atoms with Crippen molar-refractivity contribution in [3.8, 4) is 11.3 Å². The number of alkyl halides is 1. The maximum Gasteiger partial charge on any atom is 0.303 e. The van der Waals surface area contributed by atoms with Crippen molar-refractivity contribution in [3.05, 3.63) is 58.2 Å². The number of hydrogen-bond donors (Lipinski definition) is 2. The number of nitrogens with one attached hydrogen (secondary N) is 1. The van der Waals surface area contributed by atoms with Crippen molar-refractivity contribution >= 4 is 30.2 Å². The van der Waals surface area contributed by atoms with Crippen molar-refractivity contribution in [2.75, 3.05) is 6.67 Å². The predicted molar refractivity (Wildman–Crippen MR) is 139 cm³/mol. The highest BCUT2D eigenvalue weighted by Crippen LogP contribution is 2.21. The van der Waals surface area contributed by atoms with Crippen molar-refractivity contribution in [3.63, 3.8) is 0 Å². The summed E-state index contributed by atoms with van der Waals surface area (Å²) in [5, 5.41) is 13.1. The van der Waals surface area contributed by atoms with Crippen LogP contribution in [0.2, 0.25) is 0 Å². The molecular formula is C28H32F2N4O3. The maximum atomic E-state index is 13.5. The Morgan fingerprint density at radius 3 is 2.65 bits per heavy atom. The highest BCUT2D eigenvalue weighted by atomic mass is 19.1. The normalized spacial score (nSPS) is 16.0. The number of carbonyl (C=O) groups excluding carboxylic acids is 1. The molecule has 0 fully saturated rings. The summed E-state index contributed by atoms with van der Waals surface area (Å²) in [6.07, 6.45) is 9.47. The lowest BCUT2D eigenvalue weighted by atomic mass is 9.98. The van der Waals surface area contributed by atoms with Crippen LogP contribution in [0, 0.1) is 11.7 Å². The van der Waals surface area contributed by atoms with E-state index in [1.165, 1.54) is 18.3 Å². The van der Waals surface area contributed by atoms with Crippen LogP contribution >= 0.6 is 0 Å². The van der Waals surface area contributed by atoms with E-state index in [1.807, 2.05) is 19.1 Å². The van der Waals surface area contributed by atoms with E-state index in [0.29, 0.717) is 59.9 Å². The summed E-state index contributed by atoms with van der Waals surface area (Å²) < 4.78 is 26.0. The number of halogens is 2. The topological polar surface area (TPSA) is 105 Å². The van der Waals surface area contributed by atoms with Gasteiger partial charge in [0, 0.05) is 18.2 Å². The molecule has 9 heteroatoms. The third kappa shape index (κ3) is 7.87. The van der Waals surface area contributed by atoms with Crippen molar-refractivity contribution in [1.29, 1.82) is 0 Å². The first-order valence-corrected chi connectivity index (χ1v) is 12.5. The third-order valence-electron chi connectivity index (χ3n) is 5.98. The minimum Gasteiger partial charge on any atom is -0.481 e. The van der Waals surface area contributed by atoms with E-state index in [1.54, 1.807) is 25.1 Å². The average Bonchev–Trinajstić information content (AvgIpc) is 2.88. The number of nitrogens with zero attached hydrogens (tertiary/aromatic N) is 3. The lowest BCUT2D eigenvalue weighted by Gasteiger charge is -2.19. The SMILES string of the molecule is CC/C=C(\N=C/CF)C(C)NC(=O)C1C=c2nc(CCCCC(=O)O)c(-c3ccc(F)cc3)nc2=CC1. The van der Waals surface area contributed by atoms with Gasteiger partial charge in [-0.2, -0.15) is 0 Å². The molecule has 196 valence electrons. The number of aliphatic carboxylic acids is 1. The molecule has 7 nitrogen and oxygen atoms in total. The molecule has 1 aromatic carbocycles. The first-order chi connectivity index (χ1) is 17.8. The number of amides is 1. The van der Waals surface area contributed by atoms with Crippen LogP contribution in [-0.4, -0.2) is 45.9 Å². The summed E-state index contributed by atoms with van der Waals surface area (Å²) in [6.45, 7) is 3.07. The molecule has 0 aliphatic heterocycles. The van der Waals surface area contributed by atoms with Crippen molar-refractivity contribution < 1.29 is 23.5 Å². The quantitative estimate of drug-likeness (QED) is 0.336. The van der Waals surface area contributed by atoms with Crippen molar-refractivity contribution in [2.45, 2.75) is 58.4 Å². The molecule has 0 saturated carbocycles. The highest BCUT2D eigenvalue weighted by Gasteiger charge is 2.21. The molecule has 1 aromatic heterocycles. The molecular weight excluding hydrogens is 478 g/mol. The van der Waals surface area contributed by atoms with Crippen molar-refractivity contribution in [2.24, 2.45) is 10.9 Å². The zero-order valence-corrected chi connectivity index (χ0v) is 21.1. The van der Waals surface area contributed by atoms with Crippen LogP contribution in [0.15, 0.2) is 41.0 Å². The van der Waals surface area contributed by atoms with Crippen LogP contribution in [0.25, 0.3) is 23.4 Å². The second-order valence-electron chi connectivity index (χ2n) is 8.84. The van der Waals surface area contributed by atoms with Gasteiger partial charge >= 0.3 is 5.97 Å². The first-order valence-electron chi connectivity index (χ1n) is 12.5. The summed E-state index contributed by atoms with van der Waals surface area (Å²) in [4.78, 5) is 37.6. The van der Waals surface area contributed by atoms with Gasteiger partial charge in [-0.15, -0.1) is 0 Å². The second kappa shape index (κ2) is 13.5. The van der Waals surface area contributed by atoms with Gasteiger partial charge < -0.3 is 10.4 Å². The van der Waals surface area contributed by atoms with E-state index >= 15 is 0 Å². The van der Waals surface area contributed by atoms with E-state index in [9.17, 15) is 18.4 Å². The lowest BCUT2D eigenvalue weighted by molar-refractivity contribution is -0.137. The Balaban J connectivity index is 1.88. The molecule has 0 bridgehead atoms. The zero-order valence-electron chi connectivity index (χ0n) is 21.1. The van der Waals surface area contributed by atoms with Gasteiger partial charge in [0.2, 0.25) is 5.91 Å². The number of carboxylic acids is 1. The van der Waals surface area contributed by atoms with Gasteiger partial charge in [0.25, 0.3) is 0 Å². The molecule has 1 aliphatic carbocycles. The summed E-state index contributed by atoms with van der Waals surface area (Å²) in [6, 6.07) is 5.62. The fourth-order valence-corrected chi connectivity index (χ4v) is 4.12. The summed E-state index contributed by atoms with van der Waals surface area (Å²) in [5.74, 6) is -1.87. The molecule has 1 heterocycles. The van der Waals surface area contributed by atoms with E-state index in [0.717, 1.165) is 5.56 Å². The van der Waals surface area contributed by atoms with E-state index in [-0.39, 0.29) is 24.2 Å². The standard InChI is InChI=1S/C28H32F2N4O3/c1-3-6-22(31-16-15-29)18(2)32-28(37)20-11-14-23-25(17-20)33-24(7-4-5-8-26(35)36)27(34-23)19-9-12-21(30)13-10-19/h6,9-10,12-14,16-18,20H,3-5,7-8,11,15H2,1-2H3,(H,32,37)(H,35,36)/b22-6-,31-16-. The number of benzene rings is 1. The average molecular weight is 511 g/mol. The van der Waals surface area contributed by atoms with E-state index in [4.69, 9.17) is 15.1 Å². The van der Waals surface area contributed by atoms with Gasteiger partial charge in [0.1, 0.15) is 12.5 Å². The van der Waals surface area contributed by atoms with Crippen LogP contribution < -0.4 is 16.0 Å². The molecule has 2 unspecified atom stereocenters. The van der Waals surface area contributed by atoms with Gasteiger partial charge in [-0.1, -0.05) is 19.1 Å². The highest BCUT2D eigenvalue weighted by molar-refractivity contribution is 5.86. The number of hydrogen-bond acceptors (Lipinski definition) is 5. The molecule has 37 heavy (non-hydrogen) atoms. The van der Waals surface area contributed by atoms with E-state index < -0.39 is 18.6 Å². The fraction of sp³-hybridized carbons (Fsp3) is 0.393. The fourth-order valence-electron chi connectivity index (χ4n) is 4.12. The molecule has 2 atom stereocenters. The molecule has 0 saturated heterocycles. The molecule has 0 spiro atoms. The molecule has 1 amide bonds. The van der Waals surface area contributed by atoms with Gasteiger partial charge in [-0.3, -0.25) is 14.6 Å². The molecule has 3 rings (SSSR count). The van der Waals surface area contributed by atoms with Gasteiger partial charge in [0.15, 0.2) is 0 Å². The Morgan fingerprint density at radius 1 is 1.22 bits per heavy atom.